The number of nitrogens with zero attached hydrogens (tertiary/aromatic N) is 1. The molecular formula is C17H19N3O3. The number of aromatic nitrogens is 1. The summed E-state index contributed by atoms with van der Waals surface area (Å²) >= 11 is 0. The van der Waals surface area contributed by atoms with Crippen LogP contribution in [0.5, 0.6) is 5.75 Å². The normalized spacial score (nSPS) is 10.1. The molecule has 2 aromatic rings. The summed E-state index contributed by atoms with van der Waals surface area (Å²) in [6.45, 7) is 2.20. The standard InChI is InChI=1S/C17H19N3O3/c1-12-6-7-18-14(8-12)10-19-17(23)11-20-16(22)9-13-2-4-15(21)5-3-13/h2-8,21H,9-11H2,1H3,(H,19,23)(H,20,22). The predicted molar refractivity (Wildman–Crippen MR) is 85.6 cm³/mol. The maximum absolute atomic E-state index is 11.8. The van der Waals surface area contributed by atoms with Gasteiger partial charge >= 0.3 is 0 Å². The number of hydrogen-bond donors (Lipinski definition) is 3. The van der Waals surface area contributed by atoms with Gasteiger partial charge in [0.1, 0.15) is 5.75 Å². The Hall–Kier alpha value is -2.89. The van der Waals surface area contributed by atoms with E-state index in [2.05, 4.69) is 15.6 Å². The van der Waals surface area contributed by atoms with Crippen LogP contribution >= 0.6 is 0 Å². The van der Waals surface area contributed by atoms with Crippen molar-refractivity contribution in [2.45, 2.75) is 19.9 Å². The molecule has 23 heavy (non-hydrogen) atoms. The molecule has 1 heterocycles. The molecule has 1 aromatic carbocycles. The molecule has 0 bridgehead atoms. The van der Waals surface area contributed by atoms with E-state index in [9.17, 15) is 14.7 Å². The van der Waals surface area contributed by atoms with Gasteiger partial charge in [-0.1, -0.05) is 12.1 Å². The van der Waals surface area contributed by atoms with Crippen LogP contribution in [0.1, 0.15) is 16.8 Å². The van der Waals surface area contributed by atoms with Gasteiger partial charge in [0.25, 0.3) is 0 Å². The largest absolute Gasteiger partial charge is 0.508 e. The number of aryl methyl sites for hydroxylation is 1. The molecule has 1 aromatic heterocycles. The highest BCUT2D eigenvalue weighted by atomic mass is 16.3. The third kappa shape index (κ3) is 5.78. The highest BCUT2D eigenvalue weighted by Crippen LogP contribution is 2.09. The van der Waals surface area contributed by atoms with Gasteiger partial charge in [-0.3, -0.25) is 14.6 Å². The summed E-state index contributed by atoms with van der Waals surface area (Å²) in [5, 5.41) is 14.4. The number of phenolic OH excluding ortho intramolecular Hbond substituents is 1. The number of carbonyl (C=O) groups excluding carboxylic acids is 2. The Labute approximate surface area is 134 Å². The summed E-state index contributed by atoms with van der Waals surface area (Å²) in [4.78, 5) is 27.6. The van der Waals surface area contributed by atoms with Crippen molar-refractivity contribution in [2.24, 2.45) is 0 Å². The number of amides is 2. The number of benzene rings is 1. The molecular weight excluding hydrogens is 294 g/mol. The Morgan fingerprint density at radius 1 is 1.09 bits per heavy atom. The van der Waals surface area contributed by atoms with Crippen LogP contribution in [-0.2, 0) is 22.6 Å². The zero-order chi connectivity index (χ0) is 16.7. The number of rotatable bonds is 6. The number of carbonyl (C=O) groups is 2. The van der Waals surface area contributed by atoms with E-state index >= 15 is 0 Å². The van der Waals surface area contributed by atoms with Gasteiger partial charge in [-0.25, -0.2) is 0 Å². The molecule has 6 heteroatoms. The van der Waals surface area contributed by atoms with Crippen LogP contribution in [0.25, 0.3) is 0 Å². The van der Waals surface area contributed by atoms with Crippen molar-refractivity contribution in [1.29, 1.82) is 0 Å². The average Bonchev–Trinajstić information content (AvgIpc) is 2.53. The van der Waals surface area contributed by atoms with Crippen molar-refractivity contribution in [3.8, 4) is 5.75 Å². The first-order valence-electron chi connectivity index (χ1n) is 7.26. The number of hydrogen-bond acceptors (Lipinski definition) is 4. The molecule has 0 saturated heterocycles. The van der Waals surface area contributed by atoms with E-state index in [0.717, 1.165) is 16.8 Å². The first-order valence-corrected chi connectivity index (χ1v) is 7.26. The maximum atomic E-state index is 11.8. The molecule has 0 atom stereocenters. The molecule has 0 aliphatic heterocycles. The van der Waals surface area contributed by atoms with E-state index in [4.69, 9.17) is 0 Å². The van der Waals surface area contributed by atoms with Crippen LogP contribution < -0.4 is 10.6 Å². The van der Waals surface area contributed by atoms with Crippen LogP contribution in [0, 0.1) is 6.92 Å². The van der Waals surface area contributed by atoms with Gasteiger partial charge in [0.2, 0.25) is 11.8 Å². The van der Waals surface area contributed by atoms with Crippen molar-refractivity contribution >= 4 is 11.8 Å². The Bertz CT molecular complexity index is 684. The van der Waals surface area contributed by atoms with Crippen molar-refractivity contribution in [3.05, 3.63) is 59.4 Å². The van der Waals surface area contributed by atoms with E-state index in [1.54, 1.807) is 18.3 Å². The summed E-state index contributed by atoms with van der Waals surface area (Å²) in [6, 6.07) is 10.1. The molecule has 120 valence electrons. The SMILES string of the molecule is Cc1ccnc(CNC(=O)CNC(=O)Cc2ccc(O)cc2)c1. The van der Waals surface area contributed by atoms with Crippen LogP contribution in [-0.4, -0.2) is 28.4 Å². The van der Waals surface area contributed by atoms with E-state index in [1.807, 2.05) is 19.1 Å². The Morgan fingerprint density at radius 3 is 2.52 bits per heavy atom. The quantitative estimate of drug-likeness (QED) is 0.744. The lowest BCUT2D eigenvalue weighted by atomic mass is 10.1. The predicted octanol–water partition coefficient (Wildman–Crippen LogP) is 1.07. The van der Waals surface area contributed by atoms with Crippen LogP contribution in [0.4, 0.5) is 0 Å². The lowest BCUT2D eigenvalue weighted by Crippen LogP contribution is -2.37. The summed E-state index contributed by atoms with van der Waals surface area (Å²) < 4.78 is 0. The maximum Gasteiger partial charge on any atom is 0.239 e. The second-order valence-electron chi connectivity index (χ2n) is 5.22. The van der Waals surface area contributed by atoms with Gasteiger partial charge in [0.05, 0.1) is 25.2 Å². The Morgan fingerprint density at radius 2 is 1.83 bits per heavy atom. The fourth-order valence-electron chi connectivity index (χ4n) is 1.99. The minimum absolute atomic E-state index is 0.0806. The minimum atomic E-state index is -0.271. The average molecular weight is 313 g/mol. The molecule has 3 N–H and O–H groups in total. The minimum Gasteiger partial charge on any atom is -0.508 e. The second kappa shape index (κ2) is 7.93. The number of phenols is 1. The van der Waals surface area contributed by atoms with E-state index in [-0.39, 0.29) is 30.5 Å². The monoisotopic (exact) mass is 313 g/mol. The van der Waals surface area contributed by atoms with Crippen molar-refractivity contribution in [2.75, 3.05) is 6.54 Å². The molecule has 0 radical (unpaired) electrons. The van der Waals surface area contributed by atoms with Gasteiger partial charge in [-0.15, -0.1) is 0 Å². The van der Waals surface area contributed by atoms with Gasteiger partial charge in [-0.05, 0) is 42.3 Å². The Balaban J connectivity index is 1.71. The third-order valence-electron chi connectivity index (χ3n) is 3.19. The highest BCUT2D eigenvalue weighted by Gasteiger charge is 2.07. The van der Waals surface area contributed by atoms with E-state index in [1.165, 1.54) is 12.1 Å². The fraction of sp³-hybridized carbons (Fsp3) is 0.235. The van der Waals surface area contributed by atoms with Crippen molar-refractivity contribution in [3.63, 3.8) is 0 Å². The van der Waals surface area contributed by atoms with Crippen molar-refractivity contribution < 1.29 is 14.7 Å². The number of nitrogens with one attached hydrogen (secondary N) is 2. The molecule has 0 unspecified atom stereocenters. The molecule has 0 aliphatic carbocycles. The van der Waals surface area contributed by atoms with Gasteiger partial charge in [0, 0.05) is 6.20 Å². The number of aromatic hydroxyl groups is 1. The molecule has 0 fully saturated rings. The highest BCUT2D eigenvalue weighted by molar-refractivity contribution is 5.85. The summed E-state index contributed by atoms with van der Waals surface area (Å²) in [5.74, 6) is -0.370. The zero-order valence-corrected chi connectivity index (χ0v) is 12.9. The lowest BCUT2D eigenvalue weighted by Gasteiger charge is -2.07. The first-order chi connectivity index (χ1) is 11.0. The summed E-state index contributed by atoms with van der Waals surface area (Å²) in [5.41, 5.74) is 2.62. The topological polar surface area (TPSA) is 91.3 Å². The molecule has 6 nitrogen and oxygen atoms in total. The van der Waals surface area contributed by atoms with Gasteiger partial charge < -0.3 is 15.7 Å². The molecule has 0 aliphatic rings. The summed E-state index contributed by atoms with van der Waals surface area (Å²) in [6.07, 6.45) is 1.85. The second-order valence-corrected chi connectivity index (χ2v) is 5.22. The fourth-order valence-corrected chi connectivity index (χ4v) is 1.99. The molecule has 0 saturated carbocycles. The van der Waals surface area contributed by atoms with Gasteiger partial charge in [0.15, 0.2) is 0 Å². The van der Waals surface area contributed by atoms with E-state index < -0.39 is 0 Å². The van der Waals surface area contributed by atoms with E-state index in [0.29, 0.717) is 6.54 Å². The molecule has 0 spiro atoms. The Kier molecular flexibility index (Phi) is 5.68. The van der Waals surface area contributed by atoms with Crippen LogP contribution in [0.2, 0.25) is 0 Å². The molecule has 2 rings (SSSR count). The third-order valence-corrected chi connectivity index (χ3v) is 3.19. The zero-order valence-electron chi connectivity index (χ0n) is 12.9. The summed E-state index contributed by atoms with van der Waals surface area (Å²) in [7, 11) is 0. The van der Waals surface area contributed by atoms with Crippen LogP contribution in [0.3, 0.4) is 0 Å². The smallest absolute Gasteiger partial charge is 0.239 e. The molecule has 2 amide bonds. The van der Waals surface area contributed by atoms with Gasteiger partial charge in [-0.2, -0.15) is 0 Å². The lowest BCUT2D eigenvalue weighted by molar-refractivity contribution is -0.125. The van der Waals surface area contributed by atoms with Crippen LogP contribution in [0.15, 0.2) is 42.6 Å². The number of pyridine rings is 1. The van der Waals surface area contributed by atoms with Crippen molar-refractivity contribution in [1.82, 2.24) is 15.6 Å². The first kappa shape index (κ1) is 16.5.